The number of hydrogen-bond donors (Lipinski definition) is 2. The zero-order valence-corrected chi connectivity index (χ0v) is 17.9. The second-order valence-electron chi connectivity index (χ2n) is 8.83. The van der Waals surface area contributed by atoms with Gasteiger partial charge in [0.1, 0.15) is 6.61 Å². The summed E-state index contributed by atoms with van der Waals surface area (Å²) >= 11 is 0. The minimum Gasteiger partial charge on any atom is -0.481 e. The normalized spacial score (nSPS) is 21.2. The third kappa shape index (κ3) is 3.34. The lowest BCUT2D eigenvalue weighted by Gasteiger charge is -2.44. The van der Waals surface area contributed by atoms with Crippen molar-refractivity contribution in [2.45, 2.75) is 37.1 Å². The van der Waals surface area contributed by atoms with E-state index in [9.17, 15) is 14.7 Å². The van der Waals surface area contributed by atoms with Crippen LogP contribution < -0.4 is 5.32 Å². The molecule has 2 N–H and O–H groups in total. The Morgan fingerprint density at radius 3 is 2.19 bits per heavy atom. The van der Waals surface area contributed by atoms with E-state index in [0.717, 1.165) is 22.3 Å². The second-order valence-corrected chi connectivity index (χ2v) is 8.83. The largest absolute Gasteiger partial charge is 0.481 e. The van der Waals surface area contributed by atoms with Gasteiger partial charge in [0.2, 0.25) is 0 Å². The lowest BCUT2D eigenvalue weighted by atomic mass is 9.61. The van der Waals surface area contributed by atoms with Gasteiger partial charge in [-0.3, -0.25) is 4.79 Å². The third-order valence-corrected chi connectivity index (χ3v) is 6.84. The molecule has 0 unspecified atom stereocenters. The summed E-state index contributed by atoms with van der Waals surface area (Å²) in [6.45, 7) is 2.19. The quantitative estimate of drug-likeness (QED) is 0.600. The molecule has 0 aliphatic heterocycles. The number of nitrogens with one attached hydrogen (secondary N) is 1. The lowest BCUT2D eigenvalue weighted by Crippen LogP contribution is -2.57. The molecule has 5 rings (SSSR count). The molecule has 0 bridgehead atoms. The number of amides is 1. The van der Waals surface area contributed by atoms with Crippen molar-refractivity contribution in [1.29, 1.82) is 0 Å². The molecule has 3 aromatic carbocycles. The number of alkyl carbamates (subject to hydrolysis) is 1. The van der Waals surface area contributed by atoms with Gasteiger partial charge in [-0.2, -0.15) is 0 Å². The Labute approximate surface area is 187 Å². The standard InChI is InChI=1S/C27H25NO4/c1-17-7-6-8-18(13-17)27(25(29)30)14-19(15-27)28-26(31)32-16-24-22-11-4-2-9-20(22)21-10-3-5-12-23(21)24/h2-13,19,24H,14-16H2,1H3,(H,28,31)(H,29,30). The fourth-order valence-corrected chi connectivity index (χ4v) is 5.17. The second kappa shape index (κ2) is 7.83. The number of benzene rings is 3. The average Bonchev–Trinajstić information content (AvgIpc) is 3.08. The molecule has 5 nitrogen and oxygen atoms in total. The van der Waals surface area contributed by atoms with Gasteiger partial charge in [0.05, 0.1) is 5.41 Å². The molecule has 1 saturated carbocycles. The van der Waals surface area contributed by atoms with E-state index in [1.807, 2.05) is 55.5 Å². The van der Waals surface area contributed by atoms with Gasteiger partial charge in [0.25, 0.3) is 0 Å². The molecule has 1 amide bonds. The first-order valence-electron chi connectivity index (χ1n) is 10.9. The van der Waals surface area contributed by atoms with Gasteiger partial charge in [0, 0.05) is 12.0 Å². The van der Waals surface area contributed by atoms with E-state index < -0.39 is 17.5 Å². The van der Waals surface area contributed by atoms with Crippen molar-refractivity contribution in [3.05, 3.63) is 95.1 Å². The highest BCUT2D eigenvalue weighted by molar-refractivity contribution is 5.84. The smallest absolute Gasteiger partial charge is 0.407 e. The summed E-state index contributed by atoms with van der Waals surface area (Å²) in [6.07, 6.45) is 0.214. The van der Waals surface area contributed by atoms with Crippen LogP contribution in [0.4, 0.5) is 4.79 Å². The summed E-state index contributed by atoms with van der Waals surface area (Å²) in [7, 11) is 0. The number of hydrogen-bond acceptors (Lipinski definition) is 3. The van der Waals surface area contributed by atoms with E-state index >= 15 is 0 Å². The highest BCUT2D eigenvalue weighted by atomic mass is 16.5. The molecule has 2 aliphatic carbocycles. The van der Waals surface area contributed by atoms with Crippen molar-refractivity contribution in [3.63, 3.8) is 0 Å². The molecule has 2 aliphatic rings. The first-order chi connectivity index (χ1) is 15.5. The summed E-state index contributed by atoms with van der Waals surface area (Å²) in [5, 5.41) is 12.7. The van der Waals surface area contributed by atoms with E-state index in [-0.39, 0.29) is 18.6 Å². The molecular formula is C27H25NO4. The number of carbonyl (C=O) groups excluding carboxylic acids is 1. The molecule has 0 aromatic heterocycles. The van der Waals surface area contributed by atoms with Crippen molar-refractivity contribution >= 4 is 12.1 Å². The van der Waals surface area contributed by atoms with Crippen LogP contribution in [0.3, 0.4) is 0 Å². The van der Waals surface area contributed by atoms with Crippen LogP contribution in [0.2, 0.25) is 0 Å². The maximum Gasteiger partial charge on any atom is 0.407 e. The number of carboxylic acid groups (broad SMARTS) is 1. The third-order valence-electron chi connectivity index (χ3n) is 6.84. The van der Waals surface area contributed by atoms with Crippen LogP contribution in [0.1, 0.15) is 41.0 Å². The summed E-state index contributed by atoms with van der Waals surface area (Å²) in [4.78, 5) is 24.6. The molecule has 0 spiro atoms. The zero-order valence-electron chi connectivity index (χ0n) is 17.9. The topological polar surface area (TPSA) is 75.6 Å². The van der Waals surface area contributed by atoms with Crippen molar-refractivity contribution in [3.8, 4) is 11.1 Å². The highest BCUT2D eigenvalue weighted by Crippen LogP contribution is 2.46. The first kappa shape index (κ1) is 20.3. The predicted octanol–water partition coefficient (Wildman–Crippen LogP) is 5.02. The van der Waals surface area contributed by atoms with Crippen LogP contribution in [0.15, 0.2) is 72.8 Å². The Hall–Kier alpha value is -3.60. The Morgan fingerprint density at radius 2 is 1.59 bits per heavy atom. The number of rotatable bonds is 5. The molecule has 5 heteroatoms. The van der Waals surface area contributed by atoms with Gasteiger partial charge in [0.15, 0.2) is 0 Å². The Kier molecular flexibility index (Phi) is 4.97. The van der Waals surface area contributed by atoms with Crippen molar-refractivity contribution in [2.75, 3.05) is 6.61 Å². The van der Waals surface area contributed by atoms with Gasteiger partial charge in [-0.05, 0) is 47.6 Å². The zero-order chi connectivity index (χ0) is 22.3. The number of carboxylic acids is 1. The Bertz CT molecular complexity index is 1150. The van der Waals surface area contributed by atoms with Crippen LogP contribution in [0, 0.1) is 6.92 Å². The van der Waals surface area contributed by atoms with Gasteiger partial charge in [-0.1, -0.05) is 78.4 Å². The summed E-state index contributed by atoms with van der Waals surface area (Å²) < 4.78 is 5.60. The summed E-state index contributed by atoms with van der Waals surface area (Å²) in [5.74, 6) is -0.853. The average molecular weight is 428 g/mol. The number of carbonyl (C=O) groups is 2. The van der Waals surface area contributed by atoms with Crippen LogP contribution in [0.5, 0.6) is 0 Å². The summed E-state index contributed by atoms with van der Waals surface area (Å²) in [6, 6.07) is 23.8. The molecule has 3 aromatic rings. The lowest BCUT2D eigenvalue weighted by molar-refractivity contribution is -0.148. The minimum absolute atomic E-state index is 0.0000511. The highest BCUT2D eigenvalue weighted by Gasteiger charge is 2.52. The fraction of sp³-hybridized carbons (Fsp3) is 0.259. The summed E-state index contributed by atoms with van der Waals surface area (Å²) in [5.41, 5.74) is 5.55. The Balaban J connectivity index is 1.23. The van der Waals surface area contributed by atoms with Crippen molar-refractivity contribution in [1.82, 2.24) is 5.32 Å². The van der Waals surface area contributed by atoms with Gasteiger partial charge >= 0.3 is 12.1 Å². The van der Waals surface area contributed by atoms with Gasteiger partial charge in [-0.25, -0.2) is 4.79 Å². The van der Waals surface area contributed by atoms with Gasteiger partial charge in [-0.15, -0.1) is 0 Å². The fourth-order valence-electron chi connectivity index (χ4n) is 5.17. The van der Waals surface area contributed by atoms with E-state index in [1.165, 1.54) is 11.1 Å². The molecule has 0 radical (unpaired) electrons. The molecule has 32 heavy (non-hydrogen) atoms. The van der Waals surface area contributed by atoms with Crippen LogP contribution >= 0.6 is 0 Å². The van der Waals surface area contributed by atoms with Crippen LogP contribution in [-0.2, 0) is 14.9 Å². The number of aliphatic carboxylic acids is 1. The number of fused-ring (bicyclic) bond motifs is 3. The molecule has 0 saturated heterocycles. The molecular weight excluding hydrogens is 402 g/mol. The van der Waals surface area contributed by atoms with E-state index in [0.29, 0.717) is 12.8 Å². The van der Waals surface area contributed by atoms with Crippen LogP contribution in [0.25, 0.3) is 11.1 Å². The Morgan fingerprint density at radius 1 is 0.969 bits per heavy atom. The molecule has 0 atom stereocenters. The maximum atomic E-state index is 12.5. The monoisotopic (exact) mass is 427 g/mol. The molecule has 0 heterocycles. The molecule has 1 fully saturated rings. The van der Waals surface area contributed by atoms with E-state index in [1.54, 1.807) is 0 Å². The SMILES string of the molecule is Cc1cccc(C2(C(=O)O)CC(NC(=O)OCC3c4ccccc4-c4ccccc43)C2)c1. The number of aryl methyl sites for hydroxylation is 1. The van der Waals surface area contributed by atoms with Crippen molar-refractivity contribution in [2.24, 2.45) is 0 Å². The van der Waals surface area contributed by atoms with E-state index in [4.69, 9.17) is 4.74 Å². The number of ether oxygens (including phenoxy) is 1. The van der Waals surface area contributed by atoms with Crippen LogP contribution in [-0.4, -0.2) is 29.8 Å². The maximum absolute atomic E-state index is 12.5. The predicted molar refractivity (Wildman–Crippen MR) is 122 cm³/mol. The van der Waals surface area contributed by atoms with E-state index in [2.05, 4.69) is 29.6 Å². The minimum atomic E-state index is -0.951. The first-order valence-corrected chi connectivity index (χ1v) is 10.9. The van der Waals surface area contributed by atoms with Gasteiger partial charge < -0.3 is 15.2 Å². The molecule has 162 valence electrons. The van der Waals surface area contributed by atoms with Crippen molar-refractivity contribution < 1.29 is 19.4 Å².